The molecule has 2 aromatic carbocycles. The van der Waals surface area contributed by atoms with Crippen LogP contribution in [-0.4, -0.2) is 63.4 Å². The zero-order chi connectivity index (χ0) is 24.4. The normalized spacial score (nSPS) is 19.2. The van der Waals surface area contributed by atoms with Gasteiger partial charge in [0.25, 0.3) is 5.91 Å². The summed E-state index contributed by atoms with van der Waals surface area (Å²) in [5, 5.41) is 8.91. The Labute approximate surface area is 203 Å². The van der Waals surface area contributed by atoms with Crippen LogP contribution in [0.1, 0.15) is 11.1 Å². The SMILES string of the molecule is CN1C(=O)OCC1Cc1ccc(Oc2ccc(C=C3SC(=S)N(CC(=O)O)C3=O)cc2F)cc1. The van der Waals surface area contributed by atoms with Crippen molar-refractivity contribution in [2.75, 3.05) is 20.2 Å². The minimum Gasteiger partial charge on any atom is -0.480 e. The third kappa shape index (κ3) is 5.20. The van der Waals surface area contributed by atoms with Crippen molar-refractivity contribution in [2.24, 2.45) is 0 Å². The van der Waals surface area contributed by atoms with Gasteiger partial charge in [0, 0.05) is 7.05 Å². The quantitative estimate of drug-likeness (QED) is 0.450. The third-order valence-electron chi connectivity index (χ3n) is 5.28. The fourth-order valence-electron chi connectivity index (χ4n) is 3.43. The standard InChI is InChI=1S/C23H19FN2O6S2/c1-25-15(12-31-22(25)30)8-13-2-5-16(6-3-13)32-18-7-4-14(9-17(18)24)10-19-21(29)26(11-20(27)28)23(33)34-19/h2-7,9-10,15H,8,11-12H2,1H3,(H,27,28). The molecule has 2 fully saturated rings. The van der Waals surface area contributed by atoms with E-state index in [-0.39, 0.29) is 27.1 Å². The summed E-state index contributed by atoms with van der Waals surface area (Å²) in [6.45, 7) is -0.181. The van der Waals surface area contributed by atoms with E-state index in [0.29, 0.717) is 24.3 Å². The third-order valence-corrected chi connectivity index (χ3v) is 6.66. The first kappa shape index (κ1) is 23.7. The first-order valence-electron chi connectivity index (χ1n) is 10.1. The predicted octanol–water partition coefficient (Wildman–Crippen LogP) is 3.90. The summed E-state index contributed by atoms with van der Waals surface area (Å²) in [6, 6.07) is 11.3. The van der Waals surface area contributed by atoms with Crippen molar-refractivity contribution in [2.45, 2.75) is 12.5 Å². The number of likely N-dealkylation sites (N-methyl/N-ethyl adjacent to an activating group) is 1. The van der Waals surface area contributed by atoms with Crippen molar-refractivity contribution in [1.29, 1.82) is 0 Å². The van der Waals surface area contributed by atoms with Gasteiger partial charge in [-0.15, -0.1) is 0 Å². The van der Waals surface area contributed by atoms with Crippen LogP contribution in [0.25, 0.3) is 6.08 Å². The summed E-state index contributed by atoms with van der Waals surface area (Å²) >= 11 is 6.02. The summed E-state index contributed by atoms with van der Waals surface area (Å²) in [5.74, 6) is -1.87. The largest absolute Gasteiger partial charge is 0.480 e. The lowest BCUT2D eigenvalue weighted by Crippen LogP contribution is -2.33. The van der Waals surface area contributed by atoms with Gasteiger partial charge in [0.05, 0.1) is 10.9 Å². The van der Waals surface area contributed by atoms with Crippen LogP contribution in [0.2, 0.25) is 0 Å². The number of halogens is 1. The van der Waals surface area contributed by atoms with Crippen molar-refractivity contribution in [3.63, 3.8) is 0 Å². The molecular formula is C23H19FN2O6S2. The van der Waals surface area contributed by atoms with Gasteiger partial charge >= 0.3 is 12.1 Å². The monoisotopic (exact) mass is 502 g/mol. The molecule has 176 valence electrons. The molecule has 2 heterocycles. The molecule has 0 saturated carbocycles. The average Bonchev–Trinajstić information content (AvgIpc) is 3.24. The molecule has 8 nitrogen and oxygen atoms in total. The van der Waals surface area contributed by atoms with Gasteiger partial charge < -0.3 is 19.5 Å². The molecule has 0 spiro atoms. The highest BCUT2D eigenvalue weighted by atomic mass is 32.2. The van der Waals surface area contributed by atoms with Crippen LogP contribution in [0.15, 0.2) is 47.4 Å². The first-order valence-corrected chi connectivity index (χ1v) is 11.4. The molecule has 2 amide bonds. The van der Waals surface area contributed by atoms with E-state index in [9.17, 15) is 18.8 Å². The number of carbonyl (C=O) groups is 3. The number of nitrogens with zero attached hydrogens (tertiary/aromatic N) is 2. The zero-order valence-electron chi connectivity index (χ0n) is 17.9. The van der Waals surface area contributed by atoms with Crippen LogP contribution in [0.4, 0.5) is 9.18 Å². The molecule has 34 heavy (non-hydrogen) atoms. The van der Waals surface area contributed by atoms with Crippen LogP contribution >= 0.6 is 24.0 Å². The molecule has 0 bridgehead atoms. The molecule has 2 aliphatic heterocycles. The minimum atomic E-state index is -1.17. The Balaban J connectivity index is 1.41. The number of thiocarbonyl (C=S) groups is 1. The number of amides is 2. The van der Waals surface area contributed by atoms with Crippen molar-refractivity contribution in [1.82, 2.24) is 9.80 Å². The molecule has 1 unspecified atom stereocenters. The summed E-state index contributed by atoms with van der Waals surface area (Å²) in [5.41, 5.74) is 1.40. The summed E-state index contributed by atoms with van der Waals surface area (Å²) in [4.78, 5) is 37.5. The molecule has 1 atom stereocenters. The van der Waals surface area contributed by atoms with Crippen molar-refractivity contribution >= 4 is 52.3 Å². The average molecular weight is 503 g/mol. The highest BCUT2D eigenvalue weighted by molar-refractivity contribution is 8.26. The van der Waals surface area contributed by atoms with Gasteiger partial charge in [-0.1, -0.05) is 42.2 Å². The second-order valence-electron chi connectivity index (χ2n) is 7.64. The Morgan fingerprint density at radius 1 is 1.29 bits per heavy atom. The topological polar surface area (TPSA) is 96.4 Å². The number of aliphatic carboxylic acids is 1. The van der Waals surface area contributed by atoms with E-state index in [0.717, 1.165) is 22.2 Å². The number of carboxylic acids is 1. The number of hydrogen-bond acceptors (Lipinski definition) is 7. The Bertz CT molecular complexity index is 1200. The summed E-state index contributed by atoms with van der Waals surface area (Å²) in [7, 11) is 1.70. The Kier molecular flexibility index (Phi) is 6.85. The van der Waals surface area contributed by atoms with Gasteiger partial charge in [-0.2, -0.15) is 0 Å². The Hall–Kier alpha value is -3.44. The van der Waals surface area contributed by atoms with Gasteiger partial charge in [0.15, 0.2) is 11.6 Å². The number of carbonyl (C=O) groups excluding carboxylic acids is 2. The van der Waals surface area contributed by atoms with Gasteiger partial charge in [-0.3, -0.25) is 14.5 Å². The van der Waals surface area contributed by atoms with Gasteiger partial charge in [0.2, 0.25) is 0 Å². The zero-order valence-corrected chi connectivity index (χ0v) is 19.5. The van der Waals surface area contributed by atoms with Gasteiger partial charge in [-0.25, -0.2) is 9.18 Å². The van der Waals surface area contributed by atoms with Crippen LogP contribution < -0.4 is 4.74 Å². The molecule has 2 aliphatic rings. The van der Waals surface area contributed by atoms with Gasteiger partial charge in [-0.05, 0) is 47.9 Å². The molecule has 0 aliphatic carbocycles. The second-order valence-corrected chi connectivity index (χ2v) is 9.32. The number of cyclic esters (lactones) is 1. The second kappa shape index (κ2) is 9.82. The van der Waals surface area contributed by atoms with E-state index in [1.165, 1.54) is 18.2 Å². The van der Waals surface area contributed by atoms with E-state index >= 15 is 0 Å². The van der Waals surface area contributed by atoms with Crippen LogP contribution in [0.5, 0.6) is 11.5 Å². The first-order chi connectivity index (χ1) is 16.2. The molecule has 2 aromatic rings. The number of thioether (sulfide) groups is 1. The number of rotatable bonds is 7. The maximum atomic E-state index is 14.7. The van der Waals surface area contributed by atoms with Crippen molar-refractivity contribution in [3.05, 3.63) is 64.3 Å². The number of hydrogen-bond donors (Lipinski definition) is 1. The van der Waals surface area contributed by atoms with E-state index in [2.05, 4.69) is 0 Å². The summed E-state index contributed by atoms with van der Waals surface area (Å²) < 4.78 is 25.4. The van der Waals surface area contributed by atoms with Crippen molar-refractivity contribution in [3.8, 4) is 11.5 Å². The molecular weight excluding hydrogens is 483 g/mol. The predicted molar refractivity (Wildman–Crippen MR) is 127 cm³/mol. The maximum absolute atomic E-state index is 14.7. The lowest BCUT2D eigenvalue weighted by Gasteiger charge is -2.16. The smallest absolute Gasteiger partial charge is 0.409 e. The van der Waals surface area contributed by atoms with Crippen molar-refractivity contribution < 1.29 is 33.4 Å². The van der Waals surface area contributed by atoms with E-state index < -0.39 is 24.2 Å². The fraction of sp³-hybridized carbons (Fsp3) is 0.217. The lowest BCUT2D eigenvalue weighted by molar-refractivity contribution is -0.140. The minimum absolute atomic E-state index is 0.0119. The van der Waals surface area contributed by atoms with Crippen LogP contribution in [-0.2, 0) is 20.7 Å². The fourth-order valence-corrected chi connectivity index (χ4v) is 4.69. The number of carboxylic acid groups (broad SMARTS) is 1. The van der Waals surface area contributed by atoms with Gasteiger partial charge in [0.1, 0.15) is 23.2 Å². The lowest BCUT2D eigenvalue weighted by atomic mass is 10.1. The van der Waals surface area contributed by atoms with Crippen LogP contribution in [0, 0.1) is 5.82 Å². The molecule has 4 rings (SSSR count). The number of benzene rings is 2. The van der Waals surface area contributed by atoms with Crippen LogP contribution in [0.3, 0.4) is 0 Å². The Morgan fingerprint density at radius 3 is 2.65 bits per heavy atom. The van der Waals surface area contributed by atoms with E-state index in [1.807, 2.05) is 12.1 Å². The molecule has 2 saturated heterocycles. The maximum Gasteiger partial charge on any atom is 0.409 e. The van der Waals surface area contributed by atoms with E-state index in [4.69, 9.17) is 26.8 Å². The van der Waals surface area contributed by atoms with E-state index in [1.54, 1.807) is 30.1 Å². The molecule has 0 aromatic heterocycles. The number of ether oxygens (including phenoxy) is 2. The molecule has 1 N–H and O–H groups in total. The summed E-state index contributed by atoms with van der Waals surface area (Å²) in [6.07, 6.45) is 1.75. The molecule has 0 radical (unpaired) electrons. The highest BCUT2D eigenvalue weighted by Crippen LogP contribution is 2.33. The molecule has 11 heteroatoms. The highest BCUT2D eigenvalue weighted by Gasteiger charge is 2.33. The Morgan fingerprint density at radius 2 is 2.03 bits per heavy atom.